The number of amides is 3. The van der Waals surface area contributed by atoms with Gasteiger partial charge in [0.1, 0.15) is 0 Å². The van der Waals surface area contributed by atoms with E-state index in [0.29, 0.717) is 10.6 Å². The van der Waals surface area contributed by atoms with E-state index in [2.05, 4.69) is 0 Å². The Balaban J connectivity index is 2.19. The van der Waals surface area contributed by atoms with Crippen molar-refractivity contribution in [2.75, 3.05) is 6.54 Å². The number of hydrogen-bond acceptors (Lipinski definition) is 7. The van der Waals surface area contributed by atoms with Crippen LogP contribution in [0.2, 0.25) is 5.02 Å². The molecule has 160 valence electrons. The first-order valence-corrected chi connectivity index (χ1v) is 10.2. The molecule has 0 aliphatic carbocycles. The average molecular weight is 457 g/mol. The van der Waals surface area contributed by atoms with E-state index in [9.17, 15) is 28.1 Å². The maximum absolute atomic E-state index is 12.6. The van der Waals surface area contributed by atoms with Gasteiger partial charge in [-0.05, 0) is 29.8 Å². The summed E-state index contributed by atoms with van der Waals surface area (Å²) in [4.78, 5) is 34.9. The standard InChI is InChI=1S/C17H17ClN4O7S/c18-13-3-7-15(8-4-13)30(28,29)20-17(24)21(10-9-16(23)19-25)11-12-1-5-14(6-2-12)22(26)27/h1-8,25H,9-11H2,(H,19,23)(H,20,24). The van der Waals surface area contributed by atoms with Crippen LogP contribution in [0.3, 0.4) is 0 Å². The third-order valence-electron chi connectivity index (χ3n) is 3.89. The first-order chi connectivity index (χ1) is 14.1. The van der Waals surface area contributed by atoms with Crippen molar-refractivity contribution < 1.29 is 28.1 Å². The molecule has 0 saturated heterocycles. The highest BCUT2D eigenvalue weighted by atomic mass is 35.5. The van der Waals surface area contributed by atoms with Crippen LogP contribution < -0.4 is 10.2 Å². The van der Waals surface area contributed by atoms with Crippen LogP contribution in [0.1, 0.15) is 12.0 Å². The van der Waals surface area contributed by atoms with Gasteiger partial charge in [0.2, 0.25) is 5.91 Å². The molecule has 0 aliphatic heterocycles. The smallest absolute Gasteiger partial charge is 0.319 e. The number of hydroxylamine groups is 1. The van der Waals surface area contributed by atoms with Crippen LogP contribution in [0.25, 0.3) is 0 Å². The summed E-state index contributed by atoms with van der Waals surface area (Å²) in [5.41, 5.74) is 1.73. The Labute approximate surface area is 176 Å². The largest absolute Gasteiger partial charge is 0.331 e. The van der Waals surface area contributed by atoms with Gasteiger partial charge >= 0.3 is 6.03 Å². The van der Waals surface area contributed by atoms with E-state index < -0.39 is 26.9 Å². The van der Waals surface area contributed by atoms with Crippen LogP contribution in [-0.2, 0) is 21.4 Å². The lowest BCUT2D eigenvalue weighted by atomic mass is 10.2. The van der Waals surface area contributed by atoms with E-state index in [-0.39, 0.29) is 30.1 Å². The zero-order valence-electron chi connectivity index (χ0n) is 15.3. The van der Waals surface area contributed by atoms with Crippen molar-refractivity contribution in [1.82, 2.24) is 15.1 Å². The lowest BCUT2D eigenvalue weighted by molar-refractivity contribution is -0.384. The zero-order chi connectivity index (χ0) is 22.3. The number of nitro benzene ring substituents is 1. The van der Waals surface area contributed by atoms with Crippen LogP contribution in [0.15, 0.2) is 53.4 Å². The van der Waals surface area contributed by atoms with Gasteiger partial charge in [-0.1, -0.05) is 23.7 Å². The quantitative estimate of drug-likeness (QED) is 0.311. The van der Waals surface area contributed by atoms with Gasteiger partial charge in [0.25, 0.3) is 15.7 Å². The molecule has 0 radical (unpaired) electrons. The second-order valence-corrected chi connectivity index (χ2v) is 8.11. The van der Waals surface area contributed by atoms with E-state index in [4.69, 9.17) is 16.8 Å². The monoisotopic (exact) mass is 456 g/mol. The Hall–Kier alpha value is -3.22. The minimum atomic E-state index is -4.21. The highest BCUT2D eigenvalue weighted by Gasteiger charge is 2.23. The van der Waals surface area contributed by atoms with Crippen LogP contribution in [-0.4, -0.2) is 41.9 Å². The summed E-state index contributed by atoms with van der Waals surface area (Å²) in [5, 5.41) is 19.7. The van der Waals surface area contributed by atoms with Crippen molar-refractivity contribution in [1.29, 1.82) is 0 Å². The summed E-state index contributed by atoms with van der Waals surface area (Å²) in [7, 11) is -4.21. The number of carbonyl (C=O) groups is 2. The molecule has 0 atom stereocenters. The number of hydrogen-bond donors (Lipinski definition) is 3. The number of nitrogens with one attached hydrogen (secondary N) is 2. The number of rotatable bonds is 8. The Morgan fingerprint density at radius 2 is 1.70 bits per heavy atom. The fraction of sp³-hybridized carbons (Fsp3) is 0.176. The predicted molar refractivity (Wildman–Crippen MR) is 105 cm³/mol. The van der Waals surface area contributed by atoms with Gasteiger partial charge in [-0.25, -0.2) is 23.4 Å². The van der Waals surface area contributed by atoms with Crippen molar-refractivity contribution in [3.8, 4) is 0 Å². The van der Waals surface area contributed by atoms with E-state index in [1.54, 1.807) is 0 Å². The molecule has 0 spiro atoms. The number of nitrogens with zero attached hydrogens (tertiary/aromatic N) is 2. The van der Waals surface area contributed by atoms with Gasteiger partial charge in [-0.3, -0.25) is 20.1 Å². The highest BCUT2D eigenvalue weighted by molar-refractivity contribution is 7.90. The molecule has 0 bridgehead atoms. The Bertz CT molecular complexity index is 1030. The van der Waals surface area contributed by atoms with Crippen LogP contribution in [0.5, 0.6) is 0 Å². The van der Waals surface area contributed by atoms with Crippen molar-refractivity contribution in [3.05, 3.63) is 69.2 Å². The Morgan fingerprint density at radius 3 is 2.23 bits per heavy atom. The Morgan fingerprint density at radius 1 is 1.10 bits per heavy atom. The summed E-state index contributed by atoms with van der Waals surface area (Å²) >= 11 is 5.73. The van der Waals surface area contributed by atoms with Gasteiger partial charge < -0.3 is 4.90 Å². The van der Waals surface area contributed by atoms with Crippen molar-refractivity contribution >= 4 is 39.2 Å². The fourth-order valence-electron chi connectivity index (χ4n) is 2.34. The molecule has 0 heterocycles. The number of benzene rings is 2. The lowest BCUT2D eigenvalue weighted by Gasteiger charge is -2.23. The number of non-ortho nitro benzene ring substituents is 1. The Kier molecular flexibility index (Phi) is 7.69. The highest BCUT2D eigenvalue weighted by Crippen LogP contribution is 2.16. The zero-order valence-corrected chi connectivity index (χ0v) is 16.9. The van der Waals surface area contributed by atoms with Gasteiger partial charge in [0.15, 0.2) is 0 Å². The summed E-state index contributed by atoms with van der Waals surface area (Å²) in [6.07, 6.45) is -0.308. The van der Waals surface area contributed by atoms with E-state index in [0.717, 1.165) is 4.90 Å². The molecule has 3 amide bonds. The molecule has 2 aromatic rings. The predicted octanol–water partition coefficient (Wildman–Crippen LogP) is 2.04. The summed E-state index contributed by atoms with van der Waals surface area (Å²) in [6, 6.07) is 9.38. The minimum absolute atomic E-state index is 0.140. The molecule has 11 nitrogen and oxygen atoms in total. The molecule has 3 N–H and O–H groups in total. The molecular weight excluding hydrogens is 440 g/mol. The van der Waals surface area contributed by atoms with Gasteiger partial charge in [0, 0.05) is 36.7 Å². The van der Waals surface area contributed by atoms with Crippen molar-refractivity contribution in [2.24, 2.45) is 0 Å². The number of urea groups is 1. The average Bonchev–Trinajstić information content (AvgIpc) is 2.71. The minimum Gasteiger partial charge on any atom is -0.319 e. The summed E-state index contributed by atoms with van der Waals surface area (Å²) in [6.45, 7) is -0.371. The summed E-state index contributed by atoms with van der Waals surface area (Å²) in [5.74, 6) is -0.781. The molecule has 2 aromatic carbocycles. The lowest BCUT2D eigenvalue weighted by Crippen LogP contribution is -2.43. The van der Waals surface area contributed by atoms with Crippen molar-refractivity contribution in [2.45, 2.75) is 17.9 Å². The fourth-order valence-corrected chi connectivity index (χ4v) is 3.44. The summed E-state index contributed by atoms with van der Waals surface area (Å²) < 4.78 is 26.8. The first-order valence-electron chi connectivity index (χ1n) is 8.36. The molecule has 0 saturated carbocycles. The van der Waals surface area contributed by atoms with Crippen molar-refractivity contribution in [3.63, 3.8) is 0 Å². The van der Waals surface area contributed by atoms with Crippen LogP contribution in [0.4, 0.5) is 10.5 Å². The number of nitro groups is 1. The molecular formula is C17H17ClN4O7S. The molecule has 0 fully saturated rings. The third-order valence-corrected chi connectivity index (χ3v) is 5.47. The molecule has 0 unspecified atom stereocenters. The van der Waals surface area contributed by atoms with Gasteiger partial charge in [0.05, 0.1) is 9.82 Å². The molecule has 13 heteroatoms. The maximum Gasteiger partial charge on any atom is 0.331 e. The van der Waals surface area contributed by atoms with E-state index in [1.807, 2.05) is 4.72 Å². The normalized spacial score (nSPS) is 10.9. The van der Waals surface area contributed by atoms with E-state index >= 15 is 0 Å². The molecule has 2 rings (SSSR count). The topological polar surface area (TPSA) is 159 Å². The second-order valence-electron chi connectivity index (χ2n) is 5.99. The number of sulfonamides is 1. The van der Waals surface area contributed by atoms with Gasteiger partial charge in [-0.2, -0.15) is 0 Å². The third kappa shape index (κ3) is 6.40. The molecule has 30 heavy (non-hydrogen) atoms. The van der Waals surface area contributed by atoms with E-state index in [1.165, 1.54) is 54.0 Å². The number of carbonyl (C=O) groups excluding carboxylic acids is 2. The van der Waals surface area contributed by atoms with Crippen LogP contribution >= 0.6 is 11.6 Å². The molecule has 0 aliphatic rings. The SMILES string of the molecule is O=C(CCN(Cc1ccc([N+](=O)[O-])cc1)C(=O)NS(=O)(=O)c1ccc(Cl)cc1)NO. The maximum atomic E-state index is 12.6. The number of halogens is 1. The second kappa shape index (κ2) is 10.0. The van der Waals surface area contributed by atoms with Gasteiger partial charge in [-0.15, -0.1) is 0 Å². The first kappa shape index (κ1) is 23.1. The molecule has 0 aromatic heterocycles. The van der Waals surface area contributed by atoms with Crippen LogP contribution in [0, 0.1) is 10.1 Å².